The predicted molar refractivity (Wildman–Crippen MR) is 120 cm³/mol. The van der Waals surface area contributed by atoms with Gasteiger partial charge in [0, 0.05) is 0 Å². The molecule has 1 rings (SSSR count). The quantitative estimate of drug-likeness (QED) is 0.374. The highest BCUT2D eigenvalue weighted by Crippen LogP contribution is 2.33. The normalized spacial score (nSPS) is 15.2. The number of ether oxygens (including phenoxy) is 3. The van der Waals surface area contributed by atoms with Crippen molar-refractivity contribution in [3.8, 4) is 5.75 Å². The summed E-state index contributed by atoms with van der Waals surface area (Å²) in [6.45, 7) is 16.2. The van der Waals surface area contributed by atoms with Crippen LogP contribution in [0.15, 0.2) is 36.9 Å². The number of carbonyl (C=O) groups excluding carboxylic acids is 1. The summed E-state index contributed by atoms with van der Waals surface area (Å²) in [4.78, 5) is 12.3. The lowest BCUT2D eigenvalue weighted by atomic mass is 9.78. The minimum Gasteiger partial charge on any atom is -0.497 e. The fourth-order valence-corrected chi connectivity index (χ4v) is 3.18. The summed E-state index contributed by atoms with van der Waals surface area (Å²) < 4.78 is 16.6. The smallest absolute Gasteiger partial charge is 0.314 e. The molecule has 0 spiro atoms. The van der Waals surface area contributed by atoms with Crippen LogP contribution in [0.4, 0.5) is 0 Å². The van der Waals surface area contributed by atoms with Crippen LogP contribution in [0.1, 0.15) is 59.9 Å². The standard InChI is InChI=1S/C25H40O5/c1-9-14-29-23(27)25(6,7)21(26)15-18(2)16-22(24(3,4)5)30-17-19-10-12-20(28-8)13-11-19/h9-13,18,21-22,26H,1,14-17H2,2-8H3/t18-,21-,22-/m0/s1. The third kappa shape index (κ3) is 8.11. The molecule has 0 amide bonds. The van der Waals surface area contributed by atoms with Gasteiger partial charge in [0.1, 0.15) is 12.4 Å². The van der Waals surface area contributed by atoms with E-state index in [2.05, 4.69) is 34.3 Å². The lowest BCUT2D eigenvalue weighted by Gasteiger charge is -2.35. The maximum absolute atomic E-state index is 12.3. The van der Waals surface area contributed by atoms with Gasteiger partial charge in [-0.1, -0.05) is 52.5 Å². The molecule has 0 unspecified atom stereocenters. The average molecular weight is 421 g/mol. The Morgan fingerprint density at radius 2 is 1.73 bits per heavy atom. The molecule has 1 aromatic carbocycles. The summed E-state index contributed by atoms with van der Waals surface area (Å²) in [6.07, 6.45) is 2.02. The number of methoxy groups -OCH3 is 1. The third-order valence-corrected chi connectivity index (χ3v) is 5.51. The van der Waals surface area contributed by atoms with Crippen molar-refractivity contribution in [3.05, 3.63) is 42.5 Å². The van der Waals surface area contributed by atoms with Gasteiger partial charge in [0.05, 0.1) is 31.3 Å². The highest BCUT2D eigenvalue weighted by atomic mass is 16.5. The number of carbonyl (C=O) groups is 1. The average Bonchev–Trinajstić information content (AvgIpc) is 2.68. The molecular formula is C25H40O5. The van der Waals surface area contributed by atoms with E-state index in [-0.39, 0.29) is 24.0 Å². The molecule has 0 saturated heterocycles. The largest absolute Gasteiger partial charge is 0.497 e. The number of rotatable bonds is 12. The van der Waals surface area contributed by atoms with E-state index in [0.717, 1.165) is 17.7 Å². The van der Waals surface area contributed by atoms with Gasteiger partial charge < -0.3 is 19.3 Å². The lowest BCUT2D eigenvalue weighted by molar-refractivity contribution is -0.160. The number of esters is 1. The Labute approximate surface area is 182 Å². The van der Waals surface area contributed by atoms with Crippen LogP contribution < -0.4 is 4.74 Å². The van der Waals surface area contributed by atoms with Crippen LogP contribution in [0, 0.1) is 16.7 Å². The highest BCUT2D eigenvalue weighted by molar-refractivity contribution is 5.76. The molecular weight excluding hydrogens is 380 g/mol. The van der Waals surface area contributed by atoms with Gasteiger partial charge in [-0.25, -0.2) is 0 Å². The molecule has 0 saturated carbocycles. The Kier molecular flexibility index (Phi) is 10.1. The molecule has 0 aromatic heterocycles. The van der Waals surface area contributed by atoms with Crippen LogP contribution >= 0.6 is 0 Å². The molecule has 0 aliphatic carbocycles. The van der Waals surface area contributed by atoms with E-state index in [1.807, 2.05) is 24.3 Å². The van der Waals surface area contributed by atoms with Crippen LogP contribution in [0.25, 0.3) is 0 Å². The van der Waals surface area contributed by atoms with E-state index in [1.54, 1.807) is 21.0 Å². The van der Waals surface area contributed by atoms with Crippen LogP contribution in [0.2, 0.25) is 0 Å². The minimum atomic E-state index is -0.974. The van der Waals surface area contributed by atoms with Gasteiger partial charge in [0.2, 0.25) is 0 Å². The maximum atomic E-state index is 12.3. The molecule has 5 heteroatoms. The van der Waals surface area contributed by atoms with E-state index in [9.17, 15) is 9.90 Å². The fraction of sp³-hybridized carbons (Fsp3) is 0.640. The Hall–Kier alpha value is -1.85. The zero-order valence-corrected chi connectivity index (χ0v) is 19.7. The van der Waals surface area contributed by atoms with Crippen LogP contribution in [-0.4, -0.2) is 37.0 Å². The first-order chi connectivity index (χ1) is 13.9. The van der Waals surface area contributed by atoms with Gasteiger partial charge in [-0.2, -0.15) is 0 Å². The summed E-state index contributed by atoms with van der Waals surface area (Å²) >= 11 is 0. The Balaban J connectivity index is 2.70. The molecule has 0 aliphatic rings. The SMILES string of the molecule is C=CCOC(=O)C(C)(C)[C@@H](O)C[C@H](C)C[C@H](OCc1ccc(OC)cc1)C(C)(C)C. The van der Waals surface area contributed by atoms with Gasteiger partial charge in [-0.05, 0) is 55.7 Å². The molecule has 0 bridgehead atoms. The van der Waals surface area contributed by atoms with Crippen molar-refractivity contribution in [1.82, 2.24) is 0 Å². The molecule has 0 heterocycles. The summed E-state index contributed by atoms with van der Waals surface area (Å²) in [7, 11) is 1.65. The van der Waals surface area contributed by atoms with Crippen molar-refractivity contribution in [1.29, 1.82) is 0 Å². The molecule has 0 fully saturated rings. The molecule has 170 valence electrons. The van der Waals surface area contributed by atoms with Crippen LogP contribution in [0.5, 0.6) is 5.75 Å². The third-order valence-electron chi connectivity index (χ3n) is 5.51. The maximum Gasteiger partial charge on any atom is 0.314 e. The number of hydrogen-bond donors (Lipinski definition) is 1. The number of aliphatic hydroxyl groups is 1. The van der Waals surface area contributed by atoms with Crippen molar-refractivity contribution in [2.75, 3.05) is 13.7 Å². The zero-order valence-electron chi connectivity index (χ0n) is 19.7. The van der Waals surface area contributed by atoms with Gasteiger partial charge in [0.25, 0.3) is 0 Å². The van der Waals surface area contributed by atoms with Gasteiger partial charge in [-0.15, -0.1) is 0 Å². The van der Waals surface area contributed by atoms with Gasteiger partial charge in [-0.3, -0.25) is 4.79 Å². The second-order valence-electron chi connectivity index (χ2n) is 9.71. The molecule has 0 radical (unpaired) electrons. The van der Waals surface area contributed by atoms with E-state index in [1.165, 1.54) is 6.08 Å². The molecule has 30 heavy (non-hydrogen) atoms. The minimum absolute atomic E-state index is 0.0117. The molecule has 1 aromatic rings. The molecule has 5 nitrogen and oxygen atoms in total. The van der Waals surface area contributed by atoms with Crippen LogP contribution in [-0.2, 0) is 20.9 Å². The Bertz CT molecular complexity index is 657. The van der Waals surface area contributed by atoms with Gasteiger partial charge >= 0.3 is 5.97 Å². The first kappa shape index (κ1) is 26.2. The lowest BCUT2D eigenvalue weighted by Crippen LogP contribution is -2.40. The summed E-state index contributed by atoms with van der Waals surface area (Å²) in [5.41, 5.74) is 0.0616. The van der Waals surface area contributed by atoms with Gasteiger partial charge in [0.15, 0.2) is 0 Å². The van der Waals surface area contributed by atoms with Crippen molar-refractivity contribution in [3.63, 3.8) is 0 Å². The summed E-state index contributed by atoms with van der Waals surface area (Å²) in [5.74, 6) is 0.583. The first-order valence-electron chi connectivity index (χ1n) is 10.6. The van der Waals surface area contributed by atoms with Crippen molar-refractivity contribution >= 4 is 5.97 Å². The number of hydrogen-bond acceptors (Lipinski definition) is 5. The summed E-state index contributed by atoms with van der Waals surface area (Å²) in [5, 5.41) is 10.7. The van der Waals surface area contributed by atoms with Crippen LogP contribution in [0.3, 0.4) is 0 Å². The molecule has 1 N–H and O–H groups in total. The summed E-state index contributed by atoms with van der Waals surface area (Å²) in [6, 6.07) is 7.86. The highest BCUT2D eigenvalue weighted by Gasteiger charge is 2.38. The van der Waals surface area contributed by atoms with E-state index in [4.69, 9.17) is 14.2 Å². The fourth-order valence-electron chi connectivity index (χ4n) is 3.18. The van der Waals surface area contributed by atoms with Crippen molar-refractivity contribution in [2.24, 2.45) is 16.7 Å². The van der Waals surface area contributed by atoms with E-state index < -0.39 is 17.5 Å². The molecule has 3 atom stereocenters. The second kappa shape index (κ2) is 11.5. The zero-order chi connectivity index (χ0) is 22.9. The number of benzene rings is 1. The number of aliphatic hydroxyl groups excluding tert-OH is 1. The van der Waals surface area contributed by atoms with Crippen molar-refractivity contribution in [2.45, 2.75) is 73.2 Å². The first-order valence-corrected chi connectivity index (χ1v) is 10.6. The Morgan fingerprint density at radius 3 is 2.23 bits per heavy atom. The van der Waals surface area contributed by atoms with E-state index in [0.29, 0.717) is 13.0 Å². The topological polar surface area (TPSA) is 65.0 Å². The second-order valence-corrected chi connectivity index (χ2v) is 9.71. The van der Waals surface area contributed by atoms with E-state index >= 15 is 0 Å². The predicted octanol–water partition coefficient (Wildman–Crippen LogP) is 5.16. The van der Waals surface area contributed by atoms with Crippen molar-refractivity contribution < 1.29 is 24.1 Å². The Morgan fingerprint density at radius 1 is 1.13 bits per heavy atom. The molecule has 0 aliphatic heterocycles. The monoisotopic (exact) mass is 420 g/mol.